The third-order valence-corrected chi connectivity index (χ3v) is 3.73. The first-order valence-electron chi connectivity index (χ1n) is 6.57. The Morgan fingerprint density at radius 1 is 1.25 bits per heavy atom. The van der Waals surface area contributed by atoms with Crippen molar-refractivity contribution in [3.63, 3.8) is 0 Å². The Morgan fingerprint density at radius 2 is 1.80 bits per heavy atom. The Morgan fingerprint density at radius 3 is 2.20 bits per heavy atom. The number of nitrogens with zero attached hydrogens (tertiary/aromatic N) is 1. The maximum absolute atomic E-state index is 12.2. The van der Waals surface area contributed by atoms with Gasteiger partial charge in [0.15, 0.2) is 0 Å². The molecule has 0 spiro atoms. The number of nitrogen functional groups attached to an aromatic ring is 1. The first kappa shape index (κ1) is 16.3. The Labute approximate surface area is 120 Å². The quantitative estimate of drug-likeness (QED) is 0.732. The van der Waals surface area contributed by atoms with Crippen LogP contribution in [0.4, 0.5) is 11.4 Å². The lowest BCUT2D eigenvalue weighted by molar-refractivity contribution is -0.00292. The molecule has 20 heavy (non-hydrogen) atoms. The molecule has 0 aliphatic carbocycles. The lowest BCUT2D eigenvalue weighted by Crippen LogP contribution is -2.57. The number of hydrogen-bond acceptors (Lipinski definition) is 4. The number of carbonyl (C=O) groups excluding carboxylic acids is 1. The summed E-state index contributed by atoms with van der Waals surface area (Å²) in [6.45, 7) is 6.89. The molecule has 0 aromatic heterocycles. The maximum Gasteiger partial charge on any atom is 0.251 e. The number of amides is 1. The molecule has 0 fully saturated rings. The second-order valence-electron chi connectivity index (χ2n) is 6.31. The Balaban J connectivity index is 2.97. The van der Waals surface area contributed by atoms with Gasteiger partial charge in [0.2, 0.25) is 0 Å². The van der Waals surface area contributed by atoms with Crippen LogP contribution in [0.5, 0.6) is 0 Å². The van der Waals surface area contributed by atoms with Crippen molar-refractivity contribution in [2.45, 2.75) is 38.8 Å². The van der Waals surface area contributed by atoms with Gasteiger partial charge in [-0.3, -0.25) is 4.79 Å². The van der Waals surface area contributed by atoms with E-state index < -0.39 is 11.1 Å². The fourth-order valence-electron chi connectivity index (χ4n) is 1.61. The smallest absolute Gasteiger partial charge is 0.251 e. The van der Waals surface area contributed by atoms with Crippen molar-refractivity contribution in [1.29, 1.82) is 0 Å². The molecule has 1 amide bonds. The number of nitrogens with two attached hydrogens (primary N) is 1. The van der Waals surface area contributed by atoms with E-state index in [4.69, 9.17) is 5.73 Å². The molecule has 0 saturated heterocycles. The third kappa shape index (κ3) is 3.42. The van der Waals surface area contributed by atoms with Crippen LogP contribution >= 0.6 is 0 Å². The van der Waals surface area contributed by atoms with Gasteiger partial charge in [0, 0.05) is 19.7 Å². The number of anilines is 2. The summed E-state index contributed by atoms with van der Waals surface area (Å²) >= 11 is 0. The molecule has 0 radical (unpaired) electrons. The Bertz CT molecular complexity index is 502. The lowest BCUT2D eigenvalue weighted by Gasteiger charge is -2.38. The van der Waals surface area contributed by atoms with Crippen LogP contribution in [0.1, 0.15) is 38.1 Å². The molecule has 5 nitrogen and oxygen atoms in total. The molecule has 0 atom stereocenters. The van der Waals surface area contributed by atoms with Gasteiger partial charge >= 0.3 is 0 Å². The van der Waals surface area contributed by atoms with Crippen LogP contribution in [0.2, 0.25) is 0 Å². The van der Waals surface area contributed by atoms with Crippen molar-refractivity contribution in [3.05, 3.63) is 23.8 Å². The van der Waals surface area contributed by atoms with Gasteiger partial charge < -0.3 is 21.1 Å². The predicted molar refractivity (Wildman–Crippen MR) is 83.0 cm³/mol. The topological polar surface area (TPSA) is 78.6 Å². The van der Waals surface area contributed by atoms with E-state index in [-0.39, 0.29) is 5.91 Å². The summed E-state index contributed by atoms with van der Waals surface area (Å²) in [5, 5.41) is 12.9. The minimum atomic E-state index is -1.03. The molecule has 0 saturated carbocycles. The van der Waals surface area contributed by atoms with Gasteiger partial charge in [-0.1, -0.05) is 0 Å². The molecule has 112 valence electrons. The van der Waals surface area contributed by atoms with E-state index in [1.54, 1.807) is 45.9 Å². The summed E-state index contributed by atoms with van der Waals surface area (Å²) in [7, 11) is 3.78. The van der Waals surface area contributed by atoms with Gasteiger partial charge in [0.1, 0.15) is 0 Å². The van der Waals surface area contributed by atoms with Crippen molar-refractivity contribution in [2.75, 3.05) is 24.7 Å². The zero-order chi connectivity index (χ0) is 15.7. The van der Waals surface area contributed by atoms with Crippen LogP contribution in [-0.4, -0.2) is 36.2 Å². The number of carbonyl (C=O) groups is 1. The van der Waals surface area contributed by atoms with Gasteiger partial charge in [-0.15, -0.1) is 0 Å². The molecule has 0 unspecified atom stereocenters. The first-order chi connectivity index (χ1) is 8.95. The van der Waals surface area contributed by atoms with E-state index in [9.17, 15) is 9.90 Å². The largest absolute Gasteiger partial charge is 0.397 e. The zero-order valence-corrected chi connectivity index (χ0v) is 13.1. The van der Waals surface area contributed by atoms with E-state index >= 15 is 0 Å². The molecular formula is C15H25N3O2. The molecule has 1 aromatic carbocycles. The molecule has 1 rings (SSSR count). The van der Waals surface area contributed by atoms with Crippen molar-refractivity contribution < 1.29 is 9.90 Å². The van der Waals surface area contributed by atoms with Crippen LogP contribution in [0.3, 0.4) is 0 Å². The minimum Gasteiger partial charge on any atom is -0.397 e. The summed E-state index contributed by atoms with van der Waals surface area (Å²) in [6, 6.07) is 5.17. The van der Waals surface area contributed by atoms with Gasteiger partial charge in [-0.2, -0.15) is 0 Å². The molecule has 0 bridgehead atoms. The SMILES string of the molecule is CN(C)c1ccc(C(=O)NC(C)(C)C(C)(C)O)cc1N. The van der Waals surface area contributed by atoms with Gasteiger partial charge in [0.25, 0.3) is 5.91 Å². The number of hydrogen-bond donors (Lipinski definition) is 3. The predicted octanol–water partition coefficient (Wildman–Crippen LogP) is 1.61. The second kappa shape index (κ2) is 5.32. The van der Waals surface area contributed by atoms with E-state index in [1.165, 1.54) is 0 Å². The van der Waals surface area contributed by atoms with Crippen LogP contribution in [0.15, 0.2) is 18.2 Å². The summed E-state index contributed by atoms with van der Waals surface area (Å²) in [5.74, 6) is -0.255. The summed E-state index contributed by atoms with van der Waals surface area (Å²) < 4.78 is 0. The monoisotopic (exact) mass is 279 g/mol. The van der Waals surface area contributed by atoms with Crippen LogP contribution in [0, 0.1) is 0 Å². The molecule has 4 N–H and O–H groups in total. The number of benzene rings is 1. The fourth-order valence-corrected chi connectivity index (χ4v) is 1.61. The van der Waals surface area contributed by atoms with Gasteiger partial charge in [0.05, 0.1) is 22.5 Å². The molecule has 1 aromatic rings. The van der Waals surface area contributed by atoms with E-state index in [2.05, 4.69) is 5.32 Å². The van der Waals surface area contributed by atoms with Crippen molar-refractivity contribution >= 4 is 17.3 Å². The molecule has 0 heterocycles. The van der Waals surface area contributed by atoms with Crippen LogP contribution < -0.4 is 16.0 Å². The summed E-state index contributed by atoms with van der Waals surface area (Å²) in [5.41, 5.74) is 6.04. The van der Waals surface area contributed by atoms with Crippen molar-refractivity contribution in [3.8, 4) is 0 Å². The van der Waals surface area contributed by atoms with Crippen molar-refractivity contribution in [2.24, 2.45) is 0 Å². The molecule has 5 heteroatoms. The van der Waals surface area contributed by atoms with Gasteiger partial charge in [-0.25, -0.2) is 0 Å². The van der Waals surface area contributed by atoms with Crippen LogP contribution in [0.25, 0.3) is 0 Å². The first-order valence-corrected chi connectivity index (χ1v) is 6.57. The molecule has 0 aliphatic heterocycles. The van der Waals surface area contributed by atoms with E-state index in [0.717, 1.165) is 5.69 Å². The summed E-state index contributed by atoms with van der Waals surface area (Å²) in [6.07, 6.45) is 0. The summed E-state index contributed by atoms with van der Waals surface area (Å²) in [4.78, 5) is 14.1. The second-order valence-corrected chi connectivity index (χ2v) is 6.31. The Hall–Kier alpha value is -1.75. The minimum absolute atomic E-state index is 0.255. The standard InChI is InChI=1S/C15H25N3O2/c1-14(2,15(3,4)20)17-13(19)10-7-8-12(18(5)6)11(16)9-10/h7-9,20H,16H2,1-6H3,(H,17,19). The third-order valence-electron chi connectivity index (χ3n) is 3.73. The lowest BCUT2D eigenvalue weighted by atomic mass is 9.85. The molecular weight excluding hydrogens is 254 g/mol. The zero-order valence-electron chi connectivity index (χ0n) is 13.1. The normalized spacial score (nSPS) is 12.2. The number of nitrogens with one attached hydrogen (secondary N) is 1. The average Bonchev–Trinajstić information content (AvgIpc) is 2.25. The molecule has 0 aliphatic rings. The number of aliphatic hydroxyl groups is 1. The highest BCUT2D eigenvalue weighted by atomic mass is 16.3. The highest BCUT2D eigenvalue weighted by Gasteiger charge is 2.36. The van der Waals surface area contributed by atoms with E-state index in [1.807, 2.05) is 19.0 Å². The average molecular weight is 279 g/mol. The maximum atomic E-state index is 12.2. The number of rotatable bonds is 4. The van der Waals surface area contributed by atoms with Crippen LogP contribution in [-0.2, 0) is 0 Å². The van der Waals surface area contributed by atoms with Crippen molar-refractivity contribution in [1.82, 2.24) is 5.32 Å². The highest BCUT2D eigenvalue weighted by Crippen LogP contribution is 2.24. The van der Waals surface area contributed by atoms with Gasteiger partial charge in [-0.05, 0) is 45.9 Å². The Kier molecular flexibility index (Phi) is 4.34. The van der Waals surface area contributed by atoms with E-state index in [0.29, 0.717) is 11.3 Å². The fraction of sp³-hybridized carbons (Fsp3) is 0.533. The highest BCUT2D eigenvalue weighted by molar-refractivity contribution is 5.96.